The molecule has 1 fully saturated rings. The Bertz CT molecular complexity index is 440. The number of rotatable bonds is 5. The lowest BCUT2D eigenvalue weighted by Crippen LogP contribution is -2.36. The second-order valence-corrected chi connectivity index (χ2v) is 6.59. The second-order valence-electron chi connectivity index (χ2n) is 6.59. The first kappa shape index (κ1) is 15.9. The van der Waals surface area contributed by atoms with Crippen molar-refractivity contribution in [3.8, 4) is 0 Å². The molecule has 3 atom stereocenters. The number of hydrogen-bond acceptors (Lipinski definition) is 2. The number of nitrogens with one attached hydrogen (secondary N) is 1. The summed E-state index contributed by atoms with van der Waals surface area (Å²) in [5, 5.41) is 3.59. The quantitative estimate of drug-likeness (QED) is 0.853. The molecule has 2 rings (SSSR count). The zero-order chi connectivity index (χ0) is 15.2. The van der Waals surface area contributed by atoms with E-state index in [1.165, 1.54) is 24.8 Å². The number of benzene rings is 1. The Hall–Kier alpha value is -1.44. The summed E-state index contributed by atoms with van der Waals surface area (Å²) in [7, 11) is 0. The van der Waals surface area contributed by atoms with Crippen molar-refractivity contribution < 1.29 is 0 Å². The molecule has 2 heteroatoms. The molecule has 0 aliphatic carbocycles. The van der Waals surface area contributed by atoms with Crippen LogP contribution < -0.4 is 5.32 Å². The van der Waals surface area contributed by atoms with Crippen LogP contribution in [0.1, 0.15) is 51.6 Å². The van der Waals surface area contributed by atoms with Crippen molar-refractivity contribution >= 4 is 0 Å². The number of nitrogens with zero attached hydrogens (tertiary/aromatic N) is 1. The fourth-order valence-corrected chi connectivity index (χ4v) is 3.19. The van der Waals surface area contributed by atoms with E-state index >= 15 is 0 Å². The highest BCUT2D eigenvalue weighted by Gasteiger charge is 2.22. The summed E-state index contributed by atoms with van der Waals surface area (Å²) in [5.74, 6) is 2.64. The Morgan fingerprint density at radius 3 is 2.67 bits per heavy atom. The van der Waals surface area contributed by atoms with Crippen LogP contribution in [-0.2, 0) is 0 Å². The Kier molecular flexibility index (Phi) is 5.72. The van der Waals surface area contributed by atoms with Crippen molar-refractivity contribution in [3.63, 3.8) is 0 Å². The van der Waals surface area contributed by atoms with Gasteiger partial charge >= 0.3 is 0 Å². The maximum absolute atomic E-state index is 4.30. The topological polar surface area (TPSA) is 15.3 Å². The van der Waals surface area contributed by atoms with Gasteiger partial charge in [-0.3, -0.25) is 0 Å². The Morgan fingerprint density at radius 2 is 2.00 bits per heavy atom. The third-order valence-corrected chi connectivity index (χ3v) is 4.72. The molecule has 1 aromatic carbocycles. The zero-order valence-corrected chi connectivity index (χ0v) is 13.8. The first-order chi connectivity index (χ1) is 10.1. The summed E-state index contributed by atoms with van der Waals surface area (Å²) in [6.07, 6.45) is 3.97. The van der Waals surface area contributed by atoms with Gasteiger partial charge in [0.15, 0.2) is 0 Å². The zero-order valence-electron chi connectivity index (χ0n) is 13.8. The lowest BCUT2D eigenvalue weighted by atomic mass is 9.97. The Balaban J connectivity index is 1.97. The van der Waals surface area contributed by atoms with E-state index in [1.54, 1.807) is 0 Å². The molecule has 2 unspecified atom stereocenters. The van der Waals surface area contributed by atoms with Gasteiger partial charge in [0.2, 0.25) is 0 Å². The predicted molar refractivity (Wildman–Crippen MR) is 90.9 cm³/mol. The van der Waals surface area contributed by atoms with Gasteiger partial charge in [-0.2, -0.15) is 0 Å². The molecule has 0 amide bonds. The average Bonchev–Trinajstić information content (AvgIpc) is 2.69. The highest BCUT2D eigenvalue weighted by molar-refractivity contribution is 5.19. The predicted octanol–water partition coefficient (Wildman–Crippen LogP) is 4.57. The minimum Gasteiger partial charge on any atom is -0.366 e. The molecule has 1 saturated heterocycles. The van der Waals surface area contributed by atoms with Crippen molar-refractivity contribution in [3.05, 3.63) is 48.3 Å². The largest absolute Gasteiger partial charge is 0.366 e. The van der Waals surface area contributed by atoms with E-state index in [4.69, 9.17) is 0 Å². The maximum Gasteiger partial charge on any atom is 0.0943 e. The van der Waals surface area contributed by atoms with Crippen molar-refractivity contribution in [2.45, 2.75) is 46.1 Å². The van der Waals surface area contributed by atoms with Gasteiger partial charge in [0, 0.05) is 19.1 Å². The van der Waals surface area contributed by atoms with Crippen LogP contribution in [0.2, 0.25) is 0 Å². The fraction of sp³-hybridized carbons (Fsp3) is 0.579. The van der Waals surface area contributed by atoms with Crippen LogP contribution in [0.25, 0.3) is 0 Å². The first-order valence-corrected chi connectivity index (χ1v) is 8.35. The summed E-state index contributed by atoms with van der Waals surface area (Å²) in [6.45, 7) is 13.5. The third-order valence-electron chi connectivity index (χ3n) is 4.72. The number of hydrogen-bond donors (Lipinski definition) is 1. The SMILES string of the molecule is C=C(N[C@@H](C)c1ccccc1)N1CC(C)CCC(CC)C1. The standard InChI is InChI=1S/C19H30N2/c1-5-18-12-11-15(2)13-21(14-18)17(4)20-16(3)19-9-7-6-8-10-19/h6-10,15-16,18,20H,4-5,11-14H2,1-3H3/t15?,16-,18?/m0/s1. The van der Waals surface area contributed by atoms with Gasteiger partial charge in [0.05, 0.1) is 5.82 Å². The lowest BCUT2D eigenvalue weighted by Gasteiger charge is -2.31. The van der Waals surface area contributed by atoms with Gasteiger partial charge in [0.25, 0.3) is 0 Å². The van der Waals surface area contributed by atoms with Crippen molar-refractivity contribution in [1.29, 1.82) is 0 Å². The molecular formula is C19H30N2. The van der Waals surface area contributed by atoms with Crippen LogP contribution in [0.4, 0.5) is 0 Å². The Labute approximate surface area is 130 Å². The van der Waals surface area contributed by atoms with E-state index in [9.17, 15) is 0 Å². The minimum absolute atomic E-state index is 0.303. The molecule has 116 valence electrons. The van der Waals surface area contributed by atoms with Crippen molar-refractivity contribution in [2.24, 2.45) is 11.8 Å². The van der Waals surface area contributed by atoms with Gasteiger partial charge in [-0.1, -0.05) is 57.2 Å². The molecule has 1 aliphatic heterocycles. The van der Waals surface area contributed by atoms with Crippen LogP contribution in [-0.4, -0.2) is 18.0 Å². The van der Waals surface area contributed by atoms with Gasteiger partial charge in [-0.25, -0.2) is 0 Å². The van der Waals surface area contributed by atoms with E-state index in [0.717, 1.165) is 30.7 Å². The molecule has 1 aromatic rings. The van der Waals surface area contributed by atoms with Crippen molar-refractivity contribution in [1.82, 2.24) is 10.2 Å². The van der Waals surface area contributed by atoms with Gasteiger partial charge in [0.1, 0.15) is 0 Å². The van der Waals surface area contributed by atoms with Gasteiger partial charge < -0.3 is 10.2 Å². The van der Waals surface area contributed by atoms with E-state index in [-0.39, 0.29) is 0 Å². The molecule has 2 nitrogen and oxygen atoms in total. The smallest absolute Gasteiger partial charge is 0.0943 e. The summed E-state index contributed by atoms with van der Waals surface area (Å²) in [5.41, 5.74) is 1.31. The van der Waals surface area contributed by atoms with Crippen LogP contribution in [0.3, 0.4) is 0 Å². The van der Waals surface area contributed by atoms with E-state index < -0.39 is 0 Å². The highest BCUT2D eigenvalue weighted by atomic mass is 15.2. The summed E-state index contributed by atoms with van der Waals surface area (Å²) in [6, 6.07) is 10.9. The molecular weight excluding hydrogens is 256 g/mol. The monoisotopic (exact) mass is 286 g/mol. The second kappa shape index (κ2) is 7.53. The molecule has 0 radical (unpaired) electrons. The van der Waals surface area contributed by atoms with Crippen LogP contribution in [0.5, 0.6) is 0 Å². The van der Waals surface area contributed by atoms with Crippen LogP contribution >= 0.6 is 0 Å². The molecule has 21 heavy (non-hydrogen) atoms. The van der Waals surface area contributed by atoms with E-state index in [2.05, 4.69) is 67.9 Å². The molecule has 0 saturated carbocycles. The Morgan fingerprint density at radius 1 is 1.29 bits per heavy atom. The average molecular weight is 286 g/mol. The van der Waals surface area contributed by atoms with Crippen LogP contribution in [0.15, 0.2) is 42.7 Å². The summed E-state index contributed by atoms with van der Waals surface area (Å²) in [4.78, 5) is 2.46. The molecule has 1 aliphatic rings. The molecule has 0 aromatic heterocycles. The summed E-state index contributed by atoms with van der Waals surface area (Å²) < 4.78 is 0. The third kappa shape index (κ3) is 4.52. The van der Waals surface area contributed by atoms with Crippen LogP contribution in [0, 0.1) is 11.8 Å². The molecule has 1 heterocycles. The normalized spacial score (nSPS) is 24.2. The maximum atomic E-state index is 4.30. The minimum atomic E-state index is 0.303. The molecule has 0 spiro atoms. The number of likely N-dealkylation sites (tertiary alicyclic amines) is 1. The van der Waals surface area contributed by atoms with Crippen molar-refractivity contribution in [2.75, 3.05) is 13.1 Å². The van der Waals surface area contributed by atoms with Gasteiger partial charge in [-0.15, -0.1) is 0 Å². The first-order valence-electron chi connectivity index (χ1n) is 8.35. The lowest BCUT2D eigenvalue weighted by molar-refractivity contribution is 0.263. The summed E-state index contributed by atoms with van der Waals surface area (Å²) >= 11 is 0. The van der Waals surface area contributed by atoms with E-state index in [0.29, 0.717) is 6.04 Å². The highest BCUT2D eigenvalue weighted by Crippen LogP contribution is 2.25. The van der Waals surface area contributed by atoms with E-state index in [1.807, 2.05) is 0 Å². The molecule has 0 bridgehead atoms. The van der Waals surface area contributed by atoms with Gasteiger partial charge in [-0.05, 0) is 37.2 Å². The molecule has 1 N–H and O–H groups in total. The fourth-order valence-electron chi connectivity index (χ4n) is 3.19.